The van der Waals surface area contributed by atoms with Crippen LogP contribution in [0.4, 0.5) is 0 Å². The number of fused-ring (bicyclic) bond motifs is 1. The average Bonchev–Trinajstić information content (AvgIpc) is 2.78. The van der Waals surface area contributed by atoms with Crippen molar-refractivity contribution >= 4 is 23.2 Å². The molecule has 0 aliphatic carbocycles. The van der Waals surface area contributed by atoms with Crippen LogP contribution in [-0.2, 0) is 9.31 Å². The molecule has 4 nitrogen and oxygen atoms in total. The Morgan fingerprint density at radius 1 is 1.06 bits per heavy atom. The fourth-order valence-corrected chi connectivity index (χ4v) is 2.88. The van der Waals surface area contributed by atoms with Gasteiger partial charge in [-0.25, -0.2) is 0 Å². The Morgan fingerprint density at radius 3 is 2.33 bits per heavy atom. The monoisotopic (exact) mass is 268 g/mol. The van der Waals surface area contributed by atoms with Gasteiger partial charge in [0.1, 0.15) is 13.2 Å². The second-order valence-electron chi connectivity index (χ2n) is 5.58. The summed E-state index contributed by atoms with van der Waals surface area (Å²) in [5, 5.41) is 1.95. The fraction of sp³-hybridized carbons (Fsp3) is 0.667. The third kappa shape index (κ3) is 1.74. The molecule has 1 saturated heterocycles. The van der Waals surface area contributed by atoms with Crippen LogP contribution < -0.4 is 14.3 Å². The Bertz CT molecular complexity index is 453. The third-order valence-electron chi connectivity index (χ3n) is 3.80. The van der Waals surface area contributed by atoms with Crippen molar-refractivity contribution in [2.45, 2.75) is 38.9 Å². The zero-order valence-electron chi connectivity index (χ0n) is 11.1. The largest absolute Gasteiger partial charge is 0.509 e. The summed E-state index contributed by atoms with van der Waals surface area (Å²) in [6.45, 7) is 9.37. The van der Waals surface area contributed by atoms with Gasteiger partial charge < -0.3 is 18.8 Å². The molecular formula is C12H17BO4S. The van der Waals surface area contributed by atoms with E-state index in [-0.39, 0.29) is 18.3 Å². The van der Waals surface area contributed by atoms with E-state index in [1.165, 1.54) is 0 Å². The molecular weight excluding hydrogens is 251 g/mol. The van der Waals surface area contributed by atoms with Crippen LogP contribution in [-0.4, -0.2) is 31.5 Å². The summed E-state index contributed by atoms with van der Waals surface area (Å²) in [6.07, 6.45) is 0. The Kier molecular flexibility index (Phi) is 2.66. The van der Waals surface area contributed by atoms with E-state index in [1.54, 1.807) is 11.3 Å². The molecule has 0 saturated carbocycles. The summed E-state index contributed by atoms with van der Waals surface area (Å²) >= 11 is 1.56. The molecule has 2 aliphatic rings. The minimum Gasteiger partial charge on any atom is -0.486 e. The number of ether oxygens (including phenoxy) is 2. The number of thiophene rings is 1. The maximum atomic E-state index is 6.03. The normalized spacial score (nSPS) is 24.3. The molecule has 0 radical (unpaired) electrons. The first-order valence-corrected chi connectivity index (χ1v) is 7.01. The quantitative estimate of drug-likeness (QED) is 0.728. The highest BCUT2D eigenvalue weighted by atomic mass is 32.1. The van der Waals surface area contributed by atoms with Gasteiger partial charge in [0.15, 0.2) is 11.5 Å². The molecule has 18 heavy (non-hydrogen) atoms. The van der Waals surface area contributed by atoms with Crippen molar-refractivity contribution in [3.05, 3.63) is 5.38 Å². The highest BCUT2D eigenvalue weighted by Crippen LogP contribution is 2.40. The van der Waals surface area contributed by atoms with Gasteiger partial charge in [-0.15, -0.1) is 11.3 Å². The molecule has 1 aromatic heterocycles. The standard InChI is InChI=1S/C12H17BO4S/c1-11(2)12(3,4)17-13(16-11)10-9-8(7-18-10)14-5-6-15-9/h7H,5-6H2,1-4H3. The van der Waals surface area contributed by atoms with Crippen LogP contribution in [0.3, 0.4) is 0 Å². The lowest BCUT2D eigenvalue weighted by Crippen LogP contribution is -2.41. The predicted octanol–water partition coefficient (Wildman–Crippen LogP) is 1.82. The van der Waals surface area contributed by atoms with Crippen LogP contribution in [0.1, 0.15) is 27.7 Å². The van der Waals surface area contributed by atoms with Gasteiger partial charge in [0, 0.05) is 5.38 Å². The molecule has 0 spiro atoms. The molecule has 0 amide bonds. The molecule has 6 heteroatoms. The van der Waals surface area contributed by atoms with Gasteiger partial charge in [-0.1, -0.05) is 0 Å². The van der Waals surface area contributed by atoms with E-state index in [0.29, 0.717) is 13.2 Å². The van der Waals surface area contributed by atoms with E-state index in [9.17, 15) is 0 Å². The zero-order valence-corrected chi connectivity index (χ0v) is 11.9. The van der Waals surface area contributed by atoms with Gasteiger partial charge in [-0.2, -0.15) is 0 Å². The Labute approximate surface area is 111 Å². The minimum atomic E-state index is -0.370. The molecule has 0 N–H and O–H groups in total. The van der Waals surface area contributed by atoms with Crippen LogP contribution in [0.15, 0.2) is 5.38 Å². The van der Waals surface area contributed by atoms with Gasteiger partial charge in [-0.05, 0) is 27.7 Å². The lowest BCUT2D eigenvalue weighted by atomic mass is 9.87. The predicted molar refractivity (Wildman–Crippen MR) is 71.0 cm³/mol. The number of hydrogen-bond acceptors (Lipinski definition) is 5. The highest BCUT2D eigenvalue weighted by Gasteiger charge is 2.53. The van der Waals surface area contributed by atoms with Crippen molar-refractivity contribution in [1.82, 2.24) is 0 Å². The van der Waals surface area contributed by atoms with Crippen molar-refractivity contribution in [3.63, 3.8) is 0 Å². The maximum absolute atomic E-state index is 6.03. The summed E-state index contributed by atoms with van der Waals surface area (Å²) in [4.78, 5) is 0. The van der Waals surface area contributed by atoms with Gasteiger partial charge in [0.25, 0.3) is 0 Å². The van der Waals surface area contributed by atoms with Crippen LogP contribution >= 0.6 is 11.3 Å². The van der Waals surface area contributed by atoms with Crippen molar-refractivity contribution in [2.24, 2.45) is 0 Å². The minimum absolute atomic E-state index is 0.329. The summed E-state index contributed by atoms with van der Waals surface area (Å²) < 4.78 is 24.2. The molecule has 1 fully saturated rings. The first kappa shape index (κ1) is 12.3. The molecule has 3 rings (SSSR count). The van der Waals surface area contributed by atoms with Crippen molar-refractivity contribution < 1.29 is 18.8 Å². The lowest BCUT2D eigenvalue weighted by molar-refractivity contribution is 0.00578. The summed E-state index contributed by atoms with van der Waals surface area (Å²) in [5.74, 6) is 1.58. The van der Waals surface area contributed by atoms with Crippen LogP contribution in [0.5, 0.6) is 11.5 Å². The molecule has 3 heterocycles. The number of hydrogen-bond donors (Lipinski definition) is 0. The van der Waals surface area contributed by atoms with Gasteiger partial charge in [0.2, 0.25) is 0 Å². The van der Waals surface area contributed by atoms with E-state index in [0.717, 1.165) is 16.3 Å². The highest BCUT2D eigenvalue weighted by molar-refractivity contribution is 7.21. The zero-order chi connectivity index (χ0) is 13.0. The molecule has 0 aromatic carbocycles. The van der Waals surface area contributed by atoms with Crippen molar-refractivity contribution in [1.29, 1.82) is 0 Å². The number of rotatable bonds is 1. The van der Waals surface area contributed by atoms with E-state index in [1.807, 2.05) is 33.1 Å². The average molecular weight is 268 g/mol. The van der Waals surface area contributed by atoms with Crippen LogP contribution in [0, 0.1) is 0 Å². The summed E-state index contributed by atoms with van der Waals surface area (Å²) in [7, 11) is -0.370. The molecule has 0 atom stereocenters. The maximum Gasteiger partial charge on any atom is 0.509 e. The van der Waals surface area contributed by atoms with Gasteiger partial charge in [-0.3, -0.25) is 0 Å². The van der Waals surface area contributed by atoms with E-state index >= 15 is 0 Å². The Balaban J connectivity index is 1.91. The molecule has 0 bridgehead atoms. The lowest BCUT2D eigenvalue weighted by Gasteiger charge is -2.32. The fourth-order valence-electron chi connectivity index (χ4n) is 2.00. The van der Waals surface area contributed by atoms with Crippen LogP contribution in [0.2, 0.25) is 0 Å². The van der Waals surface area contributed by atoms with Gasteiger partial charge >= 0.3 is 7.12 Å². The second-order valence-corrected chi connectivity index (χ2v) is 6.49. The second kappa shape index (κ2) is 3.89. The van der Waals surface area contributed by atoms with Crippen molar-refractivity contribution in [2.75, 3.05) is 13.2 Å². The molecule has 98 valence electrons. The van der Waals surface area contributed by atoms with E-state index in [2.05, 4.69) is 0 Å². The smallest absolute Gasteiger partial charge is 0.486 e. The Morgan fingerprint density at radius 2 is 1.67 bits per heavy atom. The van der Waals surface area contributed by atoms with Crippen molar-refractivity contribution in [3.8, 4) is 11.5 Å². The third-order valence-corrected chi connectivity index (χ3v) is 4.76. The molecule has 2 aliphatic heterocycles. The Hall–Kier alpha value is -0.715. The molecule has 1 aromatic rings. The first-order chi connectivity index (χ1) is 8.41. The summed E-state index contributed by atoms with van der Waals surface area (Å²) in [6, 6.07) is 0. The molecule has 0 unspecified atom stereocenters. The topological polar surface area (TPSA) is 36.9 Å². The van der Waals surface area contributed by atoms with E-state index < -0.39 is 0 Å². The first-order valence-electron chi connectivity index (χ1n) is 6.13. The van der Waals surface area contributed by atoms with Crippen LogP contribution in [0.25, 0.3) is 0 Å². The SMILES string of the molecule is CC1(C)OB(c2scc3c2OCCO3)OC1(C)C. The van der Waals surface area contributed by atoms with Gasteiger partial charge in [0.05, 0.1) is 16.0 Å². The van der Waals surface area contributed by atoms with E-state index in [4.69, 9.17) is 18.8 Å². The summed E-state index contributed by atoms with van der Waals surface area (Å²) in [5.41, 5.74) is -0.659.